The number of halogens is 2. The predicted octanol–water partition coefficient (Wildman–Crippen LogP) is 5.95. The molecule has 180 valence electrons. The van der Waals surface area contributed by atoms with E-state index in [0.29, 0.717) is 56.5 Å². The van der Waals surface area contributed by atoms with E-state index in [1.165, 1.54) is 0 Å². The molecule has 1 heterocycles. The van der Waals surface area contributed by atoms with Gasteiger partial charge in [-0.25, -0.2) is 0 Å². The van der Waals surface area contributed by atoms with Gasteiger partial charge in [0.25, 0.3) is 11.8 Å². The summed E-state index contributed by atoms with van der Waals surface area (Å²) < 4.78 is 0. The quantitative estimate of drug-likeness (QED) is 0.454. The van der Waals surface area contributed by atoms with Crippen LogP contribution in [0.15, 0.2) is 60.7 Å². The fourth-order valence-electron chi connectivity index (χ4n) is 4.51. The number of amides is 3. The highest BCUT2D eigenvalue weighted by Crippen LogP contribution is 2.39. The first-order valence-electron chi connectivity index (χ1n) is 11.3. The number of fused-ring (bicyclic) bond motifs is 1. The number of rotatable bonds is 4. The van der Waals surface area contributed by atoms with Gasteiger partial charge in [-0.1, -0.05) is 35.3 Å². The van der Waals surface area contributed by atoms with Gasteiger partial charge < -0.3 is 16.0 Å². The van der Waals surface area contributed by atoms with E-state index in [9.17, 15) is 14.4 Å². The number of aryl methyl sites for hydroxylation is 1. The summed E-state index contributed by atoms with van der Waals surface area (Å²) in [6, 6.07) is 16.9. The molecular weight excluding hydrogens is 485 g/mol. The lowest BCUT2D eigenvalue weighted by molar-refractivity contribution is -0.119. The predicted molar refractivity (Wildman–Crippen MR) is 139 cm³/mol. The van der Waals surface area contributed by atoms with E-state index >= 15 is 0 Å². The second-order valence-electron chi connectivity index (χ2n) is 8.72. The van der Waals surface area contributed by atoms with Gasteiger partial charge in [-0.2, -0.15) is 0 Å². The number of nitrogens with two attached hydrogens (primary N) is 1. The van der Waals surface area contributed by atoms with E-state index < -0.39 is 11.8 Å². The zero-order valence-corrected chi connectivity index (χ0v) is 20.9. The molecule has 0 aromatic heterocycles. The molecule has 1 aliphatic heterocycles. The molecule has 1 aliphatic rings. The van der Waals surface area contributed by atoms with E-state index in [4.69, 9.17) is 28.9 Å². The van der Waals surface area contributed by atoms with Crippen LogP contribution in [0.4, 0.5) is 11.4 Å². The molecule has 0 aliphatic carbocycles. The minimum atomic E-state index is -0.521. The maximum atomic E-state index is 13.8. The number of anilines is 2. The van der Waals surface area contributed by atoms with E-state index in [0.717, 1.165) is 0 Å². The fourth-order valence-corrected chi connectivity index (χ4v) is 4.92. The number of carbonyl (C=O) groups excluding carboxylic acids is 3. The first-order chi connectivity index (χ1) is 16.7. The maximum Gasteiger partial charge on any atom is 0.258 e. The van der Waals surface area contributed by atoms with Crippen molar-refractivity contribution in [3.05, 3.63) is 93.0 Å². The van der Waals surface area contributed by atoms with Crippen LogP contribution in [0.25, 0.3) is 0 Å². The molecule has 0 radical (unpaired) electrons. The summed E-state index contributed by atoms with van der Waals surface area (Å²) in [4.78, 5) is 40.3. The van der Waals surface area contributed by atoms with Crippen molar-refractivity contribution in [1.29, 1.82) is 0 Å². The lowest BCUT2D eigenvalue weighted by atomic mass is 9.93. The van der Waals surface area contributed by atoms with E-state index in [1.54, 1.807) is 65.6 Å². The van der Waals surface area contributed by atoms with Crippen LogP contribution in [0.5, 0.6) is 0 Å². The second kappa shape index (κ2) is 10.1. The first kappa shape index (κ1) is 24.8. The van der Waals surface area contributed by atoms with Gasteiger partial charge in [-0.3, -0.25) is 14.4 Å². The third-order valence-electron chi connectivity index (χ3n) is 6.33. The molecule has 4 rings (SSSR count). The average molecular weight is 510 g/mol. The van der Waals surface area contributed by atoms with Gasteiger partial charge >= 0.3 is 0 Å². The van der Waals surface area contributed by atoms with E-state index in [1.807, 2.05) is 13.8 Å². The molecule has 3 amide bonds. The number of benzene rings is 3. The Hall–Kier alpha value is -3.35. The molecule has 0 spiro atoms. The molecule has 0 saturated heterocycles. The van der Waals surface area contributed by atoms with Crippen LogP contribution in [0.1, 0.15) is 57.5 Å². The summed E-state index contributed by atoms with van der Waals surface area (Å²) in [5, 5.41) is 3.67. The summed E-state index contributed by atoms with van der Waals surface area (Å²) >= 11 is 12.3. The number of primary amides is 1. The van der Waals surface area contributed by atoms with Crippen LogP contribution in [0.2, 0.25) is 10.0 Å². The van der Waals surface area contributed by atoms with Crippen molar-refractivity contribution < 1.29 is 14.4 Å². The third-order valence-corrected chi connectivity index (χ3v) is 6.90. The topological polar surface area (TPSA) is 92.5 Å². The van der Waals surface area contributed by atoms with E-state index in [-0.39, 0.29) is 17.9 Å². The van der Waals surface area contributed by atoms with Gasteiger partial charge in [-0.05, 0) is 86.3 Å². The smallest absolute Gasteiger partial charge is 0.258 e. The number of hydrogen-bond acceptors (Lipinski definition) is 3. The van der Waals surface area contributed by atoms with Gasteiger partial charge in [0.15, 0.2) is 0 Å². The minimum absolute atomic E-state index is 0.161. The summed E-state index contributed by atoms with van der Waals surface area (Å²) in [7, 11) is 0. The largest absolute Gasteiger partial charge is 0.369 e. The Balaban J connectivity index is 1.66. The molecule has 3 N–H and O–H groups in total. The van der Waals surface area contributed by atoms with Gasteiger partial charge in [0.2, 0.25) is 5.91 Å². The van der Waals surface area contributed by atoms with Gasteiger partial charge in [-0.15, -0.1) is 0 Å². The molecular formula is C27H25Cl2N3O3. The summed E-state index contributed by atoms with van der Waals surface area (Å²) in [6.07, 6.45) is 1.14. The molecule has 2 unspecified atom stereocenters. The monoisotopic (exact) mass is 509 g/mol. The molecule has 0 bridgehead atoms. The maximum absolute atomic E-state index is 13.8. The number of carbonyl (C=O) groups is 3. The molecule has 35 heavy (non-hydrogen) atoms. The minimum Gasteiger partial charge on any atom is -0.369 e. The molecule has 3 aromatic rings. The Labute approximate surface area is 214 Å². The molecule has 0 saturated carbocycles. The SMILES string of the molecule is Cc1cc(NC(=O)c2ccccc2Cl)ccc1C(=O)N1c2ccc(Cl)cc2C(C(N)=O)CCC1C. The summed E-state index contributed by atoms with van der Waals surface area (Å²) in [5.74, 6) is -1.50. The molecule has 0 fully saturated rings. The zero-order chi connectivity index (χ0) is 25.3. The van der Waals surface area contributed by atoms with Crippen molar-refractivity contribution in [3.63, 3.8) is 0 Å². The number of nitrogens with zero attached hydrogens (tertiary/aromatic N) is 1. The highest BCUT2D eigenvalue weighted by Gasteiger charge is 2.34. The first-order valence-corrected chi connectivity index (χ1v) is 12.0. The summed E-state index contributed by atoms with van der Waals surface area (Å²) in [5.41, 5.74) is 9.07. The van der Waals surface area contributed by atoms with Crippen molar-refractivity contribution >= 4 is 52.3 Å². The average Bonchev–Trinajstić information content (AvgIpc) is 2.94. The van der Waals surface area contributed by atoms with E-state index in [2.05, 4.69) is 5.32 Å². The third kappa shape index (κ3) is 5.04. The number of hydrogen-bond donors (Lipinski definition) is 2. The highest BCUT2D eigenvalue weighted by molar-refractivity contribution is 6.34. The van der Waals surface area contributed by atoms with Crippen molar-refractivity contribution in [2.45, 2.75) is 38.6 Å². The zero-order valence-electron chi connectivity index (χ0n) is 19.3. The van der Waals surface area contributed by atoms with Crippen LogP contribution in [0, 0.1) is 6.92 Å². The van der Waals surface area contributed by atoms with Crippen molar-refractivity contribution in [1.82, 2.24) is 0 Å². The lowest BCUT2D eigenvalue weighted by Crippen LogP contribution is -2.38. The molecule has 8 heteroatoms. The van der Waals surface area contributed by atoms with Crippen LogP contribution >= 0.6 is 23.2 Å². The molecule has 2 atom stereocenters. The Kier molecular flexibility index (Phi) is 7.15. The Bertz CT molecular complexity index is 1320. The lowest BCUT2D eigenvalue weighted by Gasteiger charge is -2.30. The van der Waals surface area contributed by atoms with Crippen LogP contribution in [0.3, 0.4) is 0 Å². The Morgan fingerprint density at radius 1 is 0.971 bits per heavy atom. The Morgan fingerprint density at radius 2 is 1.71 bits per heavy atom. The standard InChI is InChI=1S/C27H25Cl2N3O3/c1-15-13-18(31-26(34)21-5-3-4-6-23(21)29)9-11-19(15)27(35)32-16(2)7-10-20(25(30)33)22-14-17(28)8-12-24(22)32/h3-6,8-9,11-14,16,20H,7,10H2,1-2H3,(H2,30,33)(H,31,34). The van der Waals surface area contributed by atoms with Crippen molar-refractivity contribution in [2.24, 2.45) is 5.73 Å². The van der Waals surface area contributed by atoms with Gasteiger partial charge in [0, 0.05) is 28.0 Å². The molecule has 6 nitrogen and oxygen atoms in total. The number of nitrogens with one attached hydrogen (secondary N) is 1. The second-order valence-corrected chi connectivity index (χ2v) is 9.57. The fraction of sp³-hybridized carbons (Fsp3) is 0.222. The van der Waals surface area contributed by atoms with Crippen molar-refractivity contribution in [3.8, 4) is 0 Å². The van der Waals surface area contributed by atoms with Crippen LogP contribution in [-0.4, -0.2) is 23.8 Å². The Morgan fingerprint density at radius 3 is 2.40 bits per heavy atom. The van der Waals surface area contributed by atoms with Crippen LogP contribution in [-0.2, 0) is 4.79 Å². The molecule has 3 aromatic carbocycles. The normalized spacial score (nSPS) is 17.3. The summed E-state index contributed by atoms with van der Waals surface area (Å²) in [6.45, 7) is 3.77. The van der Waals surface area contributed by atoms with Crippen molar-refractivity contribution in [2.75, 3.05) is 10.2 Å². The van der Waals surface area contributed by atoms with Gasteiger partial charge in [0.05, 0.1) is 16.5 Å². The highest BCUT2D eigenvalue weighted by atomic mass is 35.5. The van der Waals surface area contributed by atoms with Gasteiger partial charge in [0.1, 0.15) is 0 Å². The van der Waals surface area contributed by atoms with Crippen LogP contribution < -0.4 is 16.0 Å².